The van der Waals surface area contributed by atoms with Gasteiger partial charge in [-0.2, -0.15) is 0 Å². The lowest BCUT2D eigenvalue weighted by atomic mass is 9.73. The third kappa shape index (κ3) is 6.59. The number of unbranched alkanes of at least 4 members (excludes halogenated alkanes) is 2. The number of rotatable bonds is 9. The van der Waals surface area contributed by atoms with Crippen molar-refractivity contribution >= 4 is 28.4 Å². The summed E-state index contributed by atoms with van der Waals surface area (Å²) in [6, 6.07) is 4.01. The fourth-order valence-corrected chi connectivity index (χ4v) is 5.44. The molecular formula is C26H36O3S2. The summed E-state index contributed by atoms with van der Waals surface area (Å²) in [5.74, 6) is 2.15. The lowest BCUT2D eigenvalue weighted by Crippen LogP contribution is -2.29. The van der Waals surface area contributed by atoms with E-state index < -0.39 is 0 Å². The largest absolute Gasteiger partial charge is 0.507 e. The molecule has 1 aliphatic carbocycles. The topological polar surface area (TPSA) is 38.7 Å². The van der Waals surface area contributed by atoms with Gasteiger partial charge >= 0.3 is 0 Å². The van der Waals surface area contributed by atoms with Crippen molar-refractivity contribution in [2.45, 2.75) is 77.7 Å². The van der Waals surface area contributed by atoms with Gasteiger partial charge in [-0.3, -0.25) is 0 Å². The van der Waals surface area contributed by atoms with Crippen LogP contribution in [-0.4, -0.2) is 28.0 Å². The van der Waals surface area contributed by atoms with E-state index in [9.17, 15) is 5.11 Å². The van der Waals surface area contributed by atoms with E-state index in [-0.39, 0.29) is 17.9 Å². The Hall–Kier alpha value is -1.30. The van der Waals surface area contributed by atoms with Crippen LogP contribution in [0.15, 0.2) is 35.9 Å². The number of thiocarbonyl (C=S) groups is 1. The molecule has 0 spiro atoms. The summed E-state index contributed by atoms with van der Waals surface area (Å²) >= 11 is 7.08. The molecule has 1 N–H and O–H groups in total. The molecule has 2 aliphatic rings. The maximum absolute atomic E-state index is 11.1. The molecule has 5 heteroatoms. The molecule has 0 bridgehead atoms. The lowest BCUT2D eigenvalue weighted by molar-refractivity contribution is -0.0342. The first kappa shape index (κ1) is 24.3. The van der Waals surface area contributed by atoms with Crippen molar-refractivity contribution in [1.29, 1.82) is 0 Å². The smallest absolute Gasteiger partial charge is 0.225 e. The summed E-state index contributed by atoms with van der Waals surface area (Å²) < 4.78 is 12.2. The van der Waals surface area contributed by atoms with Gasteiger partial charge in [0.15, 0.2) is 0 Å². The zero-order chi connectivity index (χ0) is 22.4. The number of benzene rings is 1. The minimum absolute atomic E-state index is 0.0497. The third-order valence-corrected chi connectivity index (χ3v) is 7.63. The summed E-state index contributed by atoms with van der Waals surface area (Å²) in [4.78, 5) is 0. The Morgan fingerprint density at radius 2 is 2.10 bits per heavy atom. The number of allylic oxidation sites excluding steroid dienone is 3. The van der Waals surface area contributed by atoms with Gasteiger partial charge in [0.2, 0.25) is 4.38 Å². The highest BCUT2D eigenvalue weighted by Crippen LogP contribution is 2.47. The van der Waals surface area contributed by atoms with Crippen molar-refractivity contribution in [3.05, 3.63) is 47.1 Å². The quantitative estimate of drug-likeness (QED) is 0.237. The van der Waals surface area contributed by atoms with Crippen molar-refractivity contribution in [3.63, 3.8) is 0 Å². The number of phenolic OH excluding ortho intramolecular Hbond substituents is 1. The Labute approximate surface area is 197 Å². The van der Waals surface area contributed by atoms with Crippen molar-refractivity contribution in [1.82, 2.24) is 0 Å². The molecule has 3 atom stereocenters. The molecule has 1 saturated heterocycles. The van der Waals surface area contributed by atoms with Crippen molar-refractivity contribution < 1.29 is 14.6 Å². The zero-order valence-corrected chi connectivity index (χ0v) is 20.7. The number of aromatic hydroxyl groups is 1. The van der Waals surface area contributed by atoms with Gasteiger partial charge in [0, 0.05) is 23.8 Å². The first-order valence-electron chi connectivity index (χ1n) is 11.5. The Balaban J connectivity index is 1.90. The predicted octanol–water partition coefficient (Wildman–Crippen LogP) is 7.33. The van der Waals surface area contributed by atoms with E-state index in [1.54, 1.807) is 0 Å². The second-order valence-electron chi connectivity index (χ2n) is 8.96. The number of phenols is 1. The van der Waals surface area contributed by atoms with E-state index in [4.69, 9.17) is 21.7 Å². The first-order chi connectivity index (χ1) is 14.9. The molecule has 3 nitrogen and oxygen atoms in total. The van der Waals surface area contributed by atoms with Gasteiger partial charge < -0.3 is 14.6 Å². The number of thioether (sulfide) groups is 1. The second-order valence-corrected chi connectivity index (χ2v) is 10.6. The molecule has 170 valence electrons. The minimum atomic E-state index is 0.0497. The van der Waals surface area contributed by atoms with E-state index in [1.807, 2.05) is 6.07 Å². The molecule has 1 unspecified atom stereocenters. The fourth-order valence-electron chi connectivity index (χ4n) is 4.41. The van der Waals surface area contributed by atoms with Crippen LogP contribution in [0.3, 0.4) is 0 Å². The minimum Gasteiger partial charge on any atom is -0.507 e. The molecule has 1 aliphatic heterocycles. The summed E-state index contributed by atoms with van der Waals surface area (Å²) in [5.41, 5.74) is 4.43. The van der Waals surface area contributed by atoms with Crippen LogP contribution < -0.4 is 4.74 Å². The van der Waals surface area contributed by atoms with Crippen LogP contribution in [-0.2, 0) is 11.2 Å². The van der Waals surface area contributed by atoms with Gasteiger partial charge in [-0.15, -0.1) is 0 Å². The molecule has 1 aromatic carbocycles. The van der Waals surface area contributed by atoms with Gasteiger partial charge in [-0.05, 0) is 81.8 Å². The molecule has 1 heterocycles. The predicted molar refractivity (Wildman–Crippen MR) is 135 cm³/mol. The van der Waals surface area contributed by atoms with E-state index in [0.717, 1.165) is 61.2 Å². The van der Waals surface area contributed by atoms with Crippen LogP contribution in [0.2, 0.25) is 0 Å². The maximum atomic E-state index is 11.1. The molecule has 31 heavy (non-hydrogen) atoms. The highest BCUT2D eigenvalue weighted by Gasteiger charge is 2.31. The Kier molecular flexibility index (Phi) is 9.06. The van der Waals surface area contributed by atoms with E-state index >= 15 is 0 Å². The second kappa shape index (κ2) is 11.5. The van der Waals surface area contributed by atoms with Crippen LogP contribution in [0.5, 0.6) is 11.5 Å². The Morgan fingerprint density at radius 1 is 1.32 bits per heavy atom. The summed E-state index contributed by atoms with van der Waals surface area (Å²) in [5, 5.41) is 11.1. The zero-order valence-electron chi connectivity index (χ0n) is 19.1. The van der Waals surface area contributed by atoms with Gasteiger partial charge in [0.25, 0.3) is 0 Å². The lowest BCUT2D eigenvalue weighted by Gasteiger charge is -2.32. The monoisotopic (exact) mass is 460 g/mol. The summed E-state index contributed by atoms with van der Waals surface area (Å²) in [7, 11) is 0. The molecule has 3 rings (SSSR count). The van der Waals surface area contributed by atoms with Gasteiger partial charge in [0.1, 0.15) is 11.5 Å². The first-order valence-corrected chi connectivity index (χ1v) is 12.9. The normalized spacial score (nSPS) is 23.1. The number of ether oxygens (including phenoxy) is 2. The third-order valence-electron chi connectivity index (χ3n) is 6.34. The highest BCUT2D eigenvalue weighted by molar-refractivity contribution is 8.22. The SMILES string of the molecule is C=C(C)[C@@H]1CCC(C)=C[C@H]1c1c(O)cc(CCCCC)cc1OC(=S)SCC1CCO1. The molecule has 1 aromatic rings. The van der Waals surface area contributed by atoms with Gasteiger partial charge in [-0.25, -0.2) is 0 Å². The standard InChI is InChI=1S/C26H36O3S2/c1-5-6-7-8-19-14-23(27)25(22-13-18(4)9-10-21(22)17(2)3)24(15-19)29-26(30)31-16-20-11-12-28-20/h13-15,20-22,27H,2,5-12,16H2,1,3-4H3/t20?,21-,22+/m0/s1. The average molecular weight is 461 g/mol. The number of hydrogen-bond donors (Lipinski definition) is 1. The highest BCUT2D eigenvalue weighted by atomic mass is 32.2. The van der Waals surface area contributed by atoms with Crippen LogP contribution in [0.1, 0.15) is 76.3 Å². The van der Waals surface area contributed by atoms with E-state index in [2.05, 4.69) is 39.5 Å². The van der Waals surface area contributed by atoms with Crippen molar-refractivity contribution in [2.24, 2.45) is 5.92 Å². The molecule has 1 fully saturated rings. The number of hydrogen-bond acceptors (Lipinski definition) is 5. The fraction of sp³-hybridized carbons (Fsp3) is 0.577. The molecule has 0 saturated carbocycles. The summed E-state index contributed by atoms with van der Waals surface area (Å²) in [6.07, 6.45) is 10.1. The molecule has 0 aromatic heterocycles. The Bertz CT molecular complexity index is 826. The molecular weight excluding hydrogens is 424 g/mol. The average Bonchev–Trinajstić information content (AvgIpc) is 2.66. The van der Waals surface area contributed by atoms with Crippen molar-refractivity contribution in [3.8, 4) is 11.5 Å². The van der Waals surface area contributed by atoms with Gasteiger partial charge in [-0.1, -0.05) is 55.3 Å². The Morgan fingerprint density at radius 3 is 2.74 bits per heavy atom. The van der Waals surface area contributed by atoms with E-state index in [1.165, 1.54) is 30.2 Å². The van der Waals surface area contributed by atoms with Crippen LogP contribution in [0.25, 0.3) is 0 Å². The van der Waals surface area contributed by atoms with Gasteiger partial charge in [0.05, 0.1) is 6.10 Å². The molecule has 0 radical (unpaired) electrons. The number of aryl methyl sites for hydroxylation is 1. The summed E-state index contributed by atoms with van der Waals surface area (Å²) in [6.45, 7) is 11.5. The van der Waals surface area contributed by atoms with Crippen LogP contribution in [0, 0.1) is 5.92 Å². The maximum Gasteiger partial charge on any atom is 0.225 e. The van der Waals surface area contributed by atoms with E-state index in [0.29, 0.717) is 15.9 Å². The van der Waals surface area contributed by atoms with Crippen LogP contribution >= 0.6 is 24.0 Å². The van der Waals surface area contributed by atoms with Crippen LogP contribution in [0.4, 0.5) is 0 Å². The molecule has 0 amide bonds. The van der Waals surface area contributed by atoms with Crippen molar-refractivity contribution in [2.75, 3.05) is 12.4 Å².